The largest absolute Gasteiger partial charge is 0.396 e. The minimum atomic E-state index is 0.0167. The Morgan fingerprint density at radius 3 is 2.41 bits per heavy atom. The number of benzene rings is 1. The zero-order valence-corrected chi connectivity index (χ0v) is 10.1. The molecule has 0 atom stereocenters. The van der Waals surface area contributed by atoms with Crippen molar-refractivity contribution in [2.45, 2.75) is 20.5 Å². The Morgan fingerprint density at radius 2 is 1.82 bits per heavy atom. The minimum absolute atomic E-state index is 0.0167. The van der Waals surface area contributed by atoms with Crippen LogP contribution in [0.2, 0.25) is 0 Å². The van der Waals surface area contributed by atoms with E-state index >= 15 is 0 Å². The standard InChI is InChI=1S/C11H11N3O.C2H6/c12-10-5-13-11(14-6-10)9-3-1-2-8(4-9)7-15;1-2/h1-6,15H,7,12H2;1-2H3. The van der Waals surface area contributed by atoms with Crippen LogP contribution in [0.4, 0.5) is 5.69 Å². The summed E-state index contributed by atoms with van der Waals surface area (Å²) in [7, 11) is 0. The number of rotatable bonds is 2. The van der Waals surface area contributed by atoms with E-state index in [1.807, 2.05) is 38.1 Å². The van der Waals surface area contributed by atoms with Gasteiger partial charge in [-0.3, -0.25) is 0 Å². The molecule has 3 N–H and O–H groups in total. The highest BCUT2D eigenvalue weighted by atomic mass is 16.3. The molecule has 0 bridgehead atoms. The van der Waals surface area contributed by atoms with Gasteiger partial charge in [0.15, 0.2) is 5.82 Å². The lowest BCUT2D eigenvalue weighted by atomic mass is 10.1. The second-order valence-electron chi connectivity index (χ2n) is 3.20. The van der Waals surface area contributed by atoms with Crippen molar-refractivity contribution in [1.29, 1.82) is 0 Å². The van der Waals surface area contributed by atoms with Crippen molar-refractivity contribution in [3.63, 3.8) is 0 Å². The van der Waals surface area contributed by atoms with E-state index in [0.29, 0.717) is 11.5 Å². The summed E-state index contributed by atoms with van der Waals surface area (Å²) >= 11 is 0. The molecule has 0 spiro atoms. The summed E-state index contributed by atoms with van der Waals surface area (Å²) in [4.78, 5) is 8.21. The second-order valence-corrected chi connectivity index (χ2v) is 3.20. The molecular weight excluding hydrogens is 214 g/mol. The molecule has 0 saturated carbocycles. The van der Waals surface area contributed by atoms with Crippen LogP contribution >= 0.6 is 0 Å². The van der Waals surface area contributed by atoms with Gasteiger partial charge in [0.1, 0.15) is 0 Å². The van der Waals surface area contributed by atoms with Crippen LogP contribution in [0, 0.1) is 0 Å². The van der Waals surface area contributed by atoms with Crippen LogP contribution in [0.15, 0.2) is 36.7 Å². The van der Waals surface area contributed by atoms with Crippen LogP contribution in [0.5, 0.6) is 0 Å². The molecule has 0 saturated heterocycles. The fourth-order valence-corrected chi connectivity index (χ4v) is 1.30. The van der Waals surface area contributed by atoms with Crippen LogP contribution in [0.25, 0.3) is 11.4 Å². The third-order valence-electron chi connectivity index (χ3n) is 2.04. The van der Waals surface area contributed by atoms with Crippen molar-refractivity contribution in [3.8, 4) is 11.4 Å². The summed E-state index contributed by atoms with van der Waals surface area (Å²) in [6, 6.07) is 7.46. The molecule has 0 aliphatic carbocycles. The summed E-state index contributed by atoms with van der Waals surface area (Å²) in [5, 5.41) is 8.99. The molecule has 17 heavy (non-hydrogen) atoms. The van der Waals surface area contributed by atoms with Crippen LogP contribution < -0.4 is 5.73 Å². The number of anilines is 1. The van der Waals surface area contributed by atoms with Gasteiger partial charge in [0.05, 0.1) is 24.7 Å². The molecule has 0 fully saturated rings. The van der Waals surface area contributed by atoms with Gasteiger partial charge in [-0.1, -0.05) is 32.0 Å². The zero-order chi connectivity index (χ0) is 12.7. The third-order valence-corrected chi connectivity index (χ3v) is 2.04. The first-order valence-electron chi connectivity index (χ1n) is 5.57. The van der Waals surface area contributed by atoms with Gasteiger partial charge in [-0.15, -0.1) is 0 Å². The number of aromatic nitrogens is 2. The van der Waals surface area contributed by atoms with E-state index in [2.05, 4.69) is 9.97 Å². The number of nitrogen functional groups attached to an aromatic ring is 1. The first-order chi connectivity index (χ1) is 8.29. The minimum Gasteiger partial charge on any atom is -0.396 e. The summed E-state index contributed by atoms with van der Waals surface area (Å²) in [5.74, 6) is 0.611. The number of nitrogens with two attached hydrogens (primary N) is 1. The lowest BCUT2D eigenvalue weighted by Crippen LogP contribution is -1.93. The summed E-state index contributed by atoms with van der Waals surface area (Å²) in [6.45, 7) is 4.02. The van der Waals surface area contributed by atoms with Crippen molar-refractivity contribution >= 4 is 5.69 Å². The predicted octanol–water partition coefficient (Wildman–Crippen LogP) is 2.24. The Morgan fingerprint density at radius 1 is 1.18 bits per heavy atom. The molecule has 1 aromatic carbocycles. The van der Waals surface area contributed by atoms with E-state index in [-0.39, 0.29) is 6.61 Å². The molecule has 2 aromatic rings. The van der Waals surface area contributed by atoms with E-state index in [1.54, 1.807) is 12.4 Å². The molecular formula is C13H17N3O. The fourth-order valence-electron chi connectivity index (χ4n) is 1.30. The molecule has 4 heteroatoms. The van der Waals surface area contributed by atoms with E-state index in [9.17, 15) is 0 Å². The average molecular weight is 231 g/mol. The van der Waals surface area contributed by atoms with Crippen molar-refractivity contribution < 1.29 is 5.11 Å². The summed E-state index contributed by atoms with van der Waals surface area (Å²) in [5.41, 5.74) is 7.75. The van der Waals surface area contributed by atoms with Gasteiger partial charge in [-0.25, -0.2) is 9.97 Å². The predicted molar refractivity (Wildman–Crippen MR) is 69.2 cm³/mol. The van der Waals surface area contributed by atoms with Gasteiger partial charge in [0, 0.05) is 5.56 Å². The number of aliphatic hydroxyl groups is 1. The molecule has 1 heterocycles. The Balaban J connectivity index is 0.000000686. The summed E-state index contributed by atoms with van der Waals surface area (Å²) < 4.78 is 0. The molecule has 90 valence electrons. The highest BCUT2D eigenvalue weighted by Gasteiger charge is 2.01. The lowest BCUT2D eigenvalue weighted by Gasteiger charge is -2.02. The molecule has 0 aliphatic heterocycles. The Bertz CT molecular complexity index is 454. The molecule has 1 aromatic heterocycles. The van der Waals surface area contributed by atoms with Crippen molar-refractivity contribution in [1.82, 2.24) is 9.97 Å². The van der Waals surface area contributed by atoms with Crippen LogP contribution in [0.1, 0.15) is 19.4 Å². The molecule has 0 unspecified atom stereocenters. The van der Waals surface area contributed by atoms with Crippen LogP contribution in [-0.4, -0.2) is 15.1 Å². The van der Waals surface area contributed by atoms with E-state index in [0.717, 1.165) is 11.1 Å². The lowest BCUT2D eigenvalue weighted by molar-refractivity contribution is 0.282. The highest BCUT2D eigenvalue weighted by Crippen LogP contribution is 2.16. The van der Waals surface area contributed by atoms with Crippen molar-refractivity contribution in [3.05, 3.63) is 42.2 Å². The normalized spacial score (nSPS) is 9.35. The average Bonchev–Trinajstić information content (AvgIpc) is 2.42. The van der Waals surface area contributed by atoms with Crippen LogP contribution in [0.3, 0.4) is 0 Å². The maximum atomic E-state index is 8.99. The zero-order valence-electron chi connectivity index (χ0n) is 10.1. The molecule has 4 nitrogen and oxygen atoms in total. The van der Waals surface area contributed by atoms with Crippen LogP contribution in [-0.2, 0) is 6.61 Å². The molecule has 0 aliphatic rings. The van der Waals surface area contributed by atoms with E-state index in [1.165, 1.54) is 0 Å². The van der Waals surface area contributed by atoms with Gasteiger partial charge in [0.25, 0.3) is 0 Å². The number of nitrogens with zero attached hydrogens (tertiary/aromatic N) is 2. The first kappa shape index (κ1) is 13.1. The fraction of sp³-hybridized carbons (Fsp3) is 0.231. The highest BCUT2D eigenvalue weighted by molar-refractivity contribution is 5.56. The monoisotopic (exact) mass is 231 g/mol. The first-order valence-corrected chi connectivity index (χ1v) is 5.57. The maximum absolute atomic E-state index is 8.99. The van der Waals surface area contributed by atoms with Crippen molar-refractivity contribution in [2.24, 2.45) is 0 Å². The summed E-state index contributed by atoms with van der Waals surface area (Å²) in [6.07, 6.45) is 3.13. The van der Waals surface area contributed by atoms with Gasteiger partial charge in [0.2, 0.25) is 0 Å². The van der Waals surface area contributed by atoms with Crippen molar-refractivity contribution in [2.75, 3.05) is 5.73 Å². The smallest absolute Gasteiger partial charge is 0.159 e. The molecule has 0 amide bonds. The second kappa shape index (κ2) is 6.60. The van der Waals surface area contributed by atoms with Gasteiger partial charge < -0.3 is 10.8 Å². The number of hydrogen-bond donors (Lipinski definition) is 2. The topological polar surface area (TPSA) is 72.0 Å². The van der Waals surface area contributed by atoms with Gasteiger partial charge in [-0.05, 0) is 11.6 Å². The Labute approximate surface area is 101 Å². The Kier molecular flexibility index (Phi) is 5.10. The third kappa shape index (κ3) is 3.53. The van der Waals surface area contributed by atoms with E-state index < -0.39 is 0 Å². The van der Waals surface area contributed by atoms with Gasteiger partial charge in [-0.2, -0.15) is 0 Å². The molecule has 0 radical (unpaired) electrons. The molecule has 2 rings (SSSR count). The Hall–Kier alpha value is -1.94. The van der Waals surface area contributed by atoms with Gasteiger partial charge >= 0.3 is 0 Å². The maximum Gasteiger partial charge on any atom is 0.159 e. The van der Waals surface area contributed by atoms with E-state index in [4.69, 9.17) is 10.8 Å². The SMILES string of the molecule is CC.Nc1cnc(-c2cccc(CO)c2)nc1. The number of hydrogen-bond acceptors (Lipinski definition) is 4. The quantitative estimate of drug-likeness (QED) is 0.831. The number of aliphatic hydroxyl groups excluding tert-OH is 1.